The Morgan fingerprint density at radius 1 is 1.18 bits per heavy atom. The molecule has 0 aromatic heterocycles. The van der Waals surface area contributed by atoms with Gasteiger partial charge in [0.05, 0.1) is 6.10 Å². The van der Waals surface area contributed by atoms with Gasteiger partial charge in [-0.05, 0) is 24.2 Å². The van der Waals surface area contributed by atoms with Crippen LogP contribution in [0, 0.1) is 11.3 Å². The zero-order valence-electron chi connectivity index (χ0n) is 8.52. The normalized spacial score (nSPS) is 15.5. The molecule has 1 atom stereocenters. The smallest absolute Gasteiger partial charge is 0.0547 e. The van der Waals surface area contributed by atoms with Crippen molar-refractivity contribution in [2.75, 3.05) is 0 Å². The second-order valence-electron chi connectivity index (χ2n) is 5.05. The van der Waals surface area contributed by atoms with Gasteiger partial charge in [0.2, 0.25) is 0 Å². The summed E-state index contributed by atoms with van der Waals surface area (Å²) in [7, 11) is 0. The minimum atomic E-state index is -0.116. The van der Waals surface area contributed by atoms with Gasteiger partial charge >= 0.3 is 0 Å². The first-order valence-corrected chi connectivity index (χ1v) is 4.49. The van der Waals surface area contributed by atoms with Crippen LogP contribution in [0.5, 0.6) is 0 Å². The van der Waals surface area contributed by atoms with Crippen LogP contribution in [-0.2, 0) is 0 Å². The van der Waals surface area contributed by atoms with Gasteiger partial charge in [-0.2, -0.15) is 0 Å². The third-order valence-corrected chi connectivity index (χ3v) is 1.59. The molecule has 0 rings (SSSR count). The molecule has 1 heteroatoms. The lowest BCUT2D eigenvalue weighted by Crippen LogP contribution is -2.19. The van der Waals surface area contributed by atoms with E-state index < -0.39 is 0 Å². The summed E-state index contributed by atoms with van der Waals surface area (Å²) in [6.45, 7) is 10.8. The summed E-state index contributed by atoms with van der Waals surface area (Å²) in [5.41, 5.74) is 0.258. The minimum Gasteiger partial charge on any atom is -0.393 e. The molecule has 0 amide bonds. The molecule has 0 bridgehead atoms. The molecule has 11 heavy (non-hydrogen) atoms. The van der Waals surface area contributed by atoms with Crippen LogP contribution in [0.4, 0.5) is 0 Å². The minimum absolute atomic E-state index is 0.116. The van der Waals surface area contributed by atoms with E-state index in [0.29, 0.717) is 5.92 Å². The highest BCUT2D eigenvalue weighted by Gasteiger charge is 2.16. The standard InChI is InChI=1S/C10H22O/c1-8(2)6-9(11)7-10(3,4)5/h8-9,11H,6-7H2,1-5H3/t9-/m0/s1. The first kappa shape index (κ1) is 11.0. The van der Waals surface area contributed by atoms with Gasteiger partial charge in [-0.25, -0.2) is 0 Å². The highest BCUT2D eigenvalue weighted by molar-refractivity contribution is 4.68. The van der Waals surface area contributed by atoms with Crippen molar-refractivity contribution in [1.82, 2.24) is 0 Å². The van der Waals surface area contributed by atoms with Crippen molar-refractivity contribution in [3.63, 3.8) is 0 Å². The predicted molar refractivity (Wildman–Crippen MR) is 49.5 cm³/mol. The van der Waals surface area contributed by atoms with Gasteiger partial charge in [0, 0.05) is 0 Å². The van der Waals surface area contributed by atoms with Crippen LogP contribution in [0.25, 0.3) is 0 Å². The van der Waals surface area contributed by atoms with Crippen LogP contribution in [0.3, 0.4) is 0 Å². The second kappa shape index (κ2) is 4.10. The lowest BCUT2D eigenvalue weighted by atomic mass is 9.87. The molecule has 0 saturated heterocycles. The Bertz CT molecular complexity index is 99.9. The average molecular weight is 158 g/mol. The monoisotopic (exact) mass is 158 g/mol. The van der Waals surface area contributed by atoms with Crippen molar-refractivity contribution in [3.05, 3.63) is 0 Å². The molecule has 0 aromatic carbocycles. The van der Waals surface area contributed by atoms with Gasteiger partial charge in [-0.3, -0.25) is 0 Å². The SMILES string of the molecule is CC(C)C[C@H](O)CC(C)(C)C. The maximum Gasteiger partial charge on any atom is 0.0547 e. The Morgan fingerprint density at radius 2 is 1.64 bits per heavy atom. The Hall–Kier alpha value is -0.0400. The Balaban J connectivity index is 3.61. The molecule has 0 aromatic rings. The number of hydrogen-bond donors (Lipinski definition) is 1. The molecule has 0 heterocycles. The van der Waals surface area contributed by atoms with E-state index in [4.69, 9.17) is 0 Å². The zero-order valence-corrected chi connectivity index (χ0v) is 8.52. The molecular formula is C10H22O. The van der Waals surface area contributed by atoms with Gasteiger partial charge in [0.1, 0.15) is 0 Å². The van der Waals surface area contributed by atoms with Gasteiger partial charge < -0.3 is 5.11 Å². The van der Waals surface area contributed by atoms with Crippen LogP contribution in [0.2, 0.25) is 0 Å². The molecule has 1 nitrogen and oxygen atoms in total. The van der Waals surface area contributed by atoms with Gasteiger partial charge in [-0.15, -0.1) is 0 Å². The zero-order chi connectivity index (χ0) is 9.07. The quantitative estimate of drug-likeness (QED) is 0.669. The van der Waals surface area contributed by atoms with Crippen molar-refractivity contribution in [3.8, 4) is 0 Å². The van der Waals surface area contributed by atoms with Crippen molar-refractivity contribution < 1.29 is 5.11 Å². The fourth-order valence-corrected chi connectivity index (χ4v) is 1.33. The van der Waals surface area contributed by atoms with E-state index >= 15 is 0 Å². The predicted octanol–water partition coefficient (Wildman–Crippen LogP) is 2.83. The maximum atomic E-state index is 9.56. The lowest BCUT2D eigenvalue weighted by Gasteiger charge is -2.23. The van der Waals surface area contributed by atoms with Gasteiger partial charge in [0.25, 0.3) is 0 Å². The molecule has 0 aliphatic carbocycles. The topological polar surface area (TPSA) is 20.2 Å². The molecule has 0 saturated carbocycles. The van der Waals surface area contributed by atoms with Crippen molar-refractivity contribution >= 4 is 0 Å². The maximum absolute atomic E-state index is 9.56. The lowest BCUT2D eigenvalue weighted by molar-refractivity contribution is 0.101. The molecule has 0 aliphatic heterocycles. The molecule has 0 aliphatic rings. The summed E-state index contributed by atoms with van der Waals surface area (Å²) in [6.07, 6.45) is 1.72. The number of aliphatic hydroxyl groups is 1. The van der Waals surface area contributed by atoms with Crippen LogP contribution in [-0.4, -0.2) is 11.2 Å². The third-order valence-electron chi connectivity index (χ3n) is 1.59. The number of hydrogen-bond acceptors (Lipinski definition) is 1. The summed E-state index contributed by atoms with van der Waals surface area (Å²) in [5, 5.41) is 9.56. The summed E-state index contributed by atoms with van der Waals surface area (Å²) >= 11 is 0. The van der Waals surface area contributed by atoms with Crippen LogP contribution in [0.1, 0.15) is 47.5 Å². The van der Waals surface area contributed by atoms with E-state index in [1.807, 2.05) is 0 Å². The fourth-order valence-electron chi connectivity index (χ4n) is 1.33. The summed E-state index contributed by atoms with van der Waals surface area (Å²) in [4.78, 5) is 0. The van der Waals surface area contributed by atoms with E-state index in [0.717, 1.165) is 12.8 Å². The second-order valence-corrected chi connectivity index (χ2v) is 5.05. The third kappa shape index (κ3) is 7.86. The molecule has 0 spiro atoms. The molecular weight excluding hydrogens is 136 g/mol. The highest BCUT2D eigenvalue weighted by Crippen LogP contribution is 2.23. The summed E-state index contributed by atoms with van der Waals surface area (Å²) in [5.74, 6) is 0.604. The number of rotatable bonds is 3. The highest BCUT2D eigenvalue weighted by atomic mass is 16.3. The van der Waals surface area contributed by atoms with Crippen molar-refractivity contribution in [2.45, 2.75) is 53.6 Å². The van der Waals surface area contributed by atoms with E-state index in [2.05, 4.69) is 34.6 Å². The first-order chi connectivity index (χ1) is 4.81. The summed E-state index contributed by atoms with van der Waals surface area (Å²) in [6, 6.07) is 0. The van der Waals surface area contributed by atoms with Crippen LogP contribution in [0.15, 0.2) is 0 Å². The Labute approximate surface area is 70.8 Å². The van der Waals surface area contributed by atoms with Gasteiger partial charge in [-0.1, -0.05) is 34.6 Å². The Kier molecular flexibility index (Phi) is 4.09. The van der Waals surface area contributed by atoms with E-state index in [-0.39, 0.29) is 11.5 Å². The largest absolute Gasteiger partial charge is 0.393 e. The molecule has 0 radical (unpaired) electrons. The summed E-state index contributed by atoms with van der Waals surface area (Å²) < 4.78 is 0. The molecule has 68 valence electrons. The fraction of sp³-hybridized carbons (Fsp3) is 1.00. The van der Waals surface area contributed by atoms with E-state index in [1.165, 1.54) is 0 Å². The van der Waals surface area contributed by atoms with Crippen molar-refractivity contribution in [1.29, 1.82) is 0 Å². The van der Waals surface area contributed by atoms with E-state index in [1.54, 1.807) is 0 Å². The van der Waals surface area contributed by atoms with Gasteiger partial charge in [0.15, 0.2) is 0 Å². The van der Waals surface area contributed by atoms with Crippen LogP contribution < -0.4 is 0 Å². The number of aliphatic hydroxyl groups excluding tert-OH is 1. The first-order valence-electron chi connectivity index (χ1n) is 4.49. The van der Waals surface area contributed by atoms with E-state index in [9.17, 15) is 5.11 Å². The van der Waals surface area contributed by atoms with Crippen LogP contribution >= 0.6 is 0 Å². The Morgan fingerprint density at radius 3 is 1.91 bits per heavy atom. The molecule has 1 N–H and O–H groups in total. The molecule has 0 fully saturated rings. The average Bonchev–Trinajstić information content (AvgIpc) is 1.53. The van der Waals surface area contributed by atoms with Crippen molar-refractivity contribution in [2.24, 2.45) is 11.3 Å². The molecule has 0 unspecified atom stereocenters.